The molecule has 3 N–H and O–H groups in total. The van der Waals surface area contributed by atoms with Gasteiger partial charge >= 0.3 is 0 Å². The standard InChI is InChI=1S/C15H18N2O3/c1-18-13-5-10(16)4-11(6-13)17-12-7-14(19-2)9-15(8-12)20-3/h4-9,17H,16H2,1-3H3. The number of hydrogen-bond donors (Lipinski definition) is 2. The summed E-state index contributed by atoms with van der Waals surface area (Å²) in [4.78, 5) is 0. The van der Waals surface area contributed by atoms with E-state index in [9.17, 15) is 0 Å². The maximum absolute atomic E-state index is 5.83. The Morgan fingerprint density at radius 3 is 1.65 bits per heavy atom. The van der Waals surface area contributed by atoms with Crippen LogP contribution in [0, 0.1) is 0 Å². The van der Waals surface area contributed by atoms with Crippen LogP contribution in [0.5, 0.6) is 17.2 Å². The van der Waals surface area contributed by atoms with Crippen LogP contribution in [0.3, 0.4) is 0 Å². The van der Waals surface area contributed by atoms with Gasteiger partial charge in [0, 0.05) is 47.4 Å². The molecule has 20 heavy (non-hydrogen) atoms. The van der Waals surface area contributed by atoms with Crippen LogP contribution >= 0.6 is 0 Å². The van der Waals surface area contributed by atoms with Gasteiger partial charge in [-0.1, -0.05) is 0 Å². The molecule has 0 aliphatic rings. The van der Waals surface area contributed by atoms with Crippen molar-refractivity contribution < 1.29 is 14.2 Å². The minimum atomic E-state index is 0.627. The molecule has 2 aromatic rings. The predicted octanol–water partition coefficient (Wildman–Crippen LogP) is 3.04. The number of benzene rings is 2. The van der Waals surface area contributed by atoms with Gasteiger partial charge in [-0.15, -0.1) is 0 Å². The van der Waals surface area contributed by atoms with E-state index in [2.05, 4.69) is 5.32 Å². The van der Waals surface area contributed by atoms with Gasteiger partial charge in [0.25, 0.3) is 0 Å². The number of anilines is 3. The first kappa shape index (κ1) is 13.9. The van der Waals surface area contributed by atoms with E-state index in [0.29, 0.717) is 22.9 Å². The summed E-state index contributed by atoms with van der Waals surface area (Å²) < 4.78 is 15.7. The molecular weight excluding hydrogens is 256 g/mol. The highest BCUT2D eigenvalue weighted by Gasteiger charge is 2.04. The summed E-state index contributed by atoms with van der Waals surface area (Å²) in [6.07, 6.45) is 0. The van der Waals surface area contributed by atoms with Crippen molar-refractivity contribution in [3.05, 3.63) is 36.4 Å². The van der Waals surface area contributed by atoms with Crippen LogP contribution in [-0.4, -0.2) is 21.3 Å². The highest BCUT2D eigenvalue weighted by atomic mass is 16.5. The lowest BCUT2D eigenvalue weighted by Gasteiger charge is -2.12. The van der Waals surface area contributed by atoms with Gasteiger partial charge in [-0.2, -0.15) is 0 Å². The van der Waals surface area contributed by atoms with Crippen molar-refractivity contribution in [2.24, 2.45) is 0 Å². The molecule has 0 unspecified atom stereocenters. The summed E-state index contributed by atoms with van der Waals surface area (Å²) in [6, 6.07) is 11.0. The number of nitrogen functional groups attached to an aromatic ring is 1. The molecule has 0 bridgehead atoms. The molecule has 0 radical (unpaired) electrons. The van der Waals surface area contributed by atoms with Crippen molar-refractivity contribution >= 4 is 17.1 Å². The smallest absolute Gasteiger partial charge is 0.124 e. The third-order valence-electron chi connectivity index (χ3n) is 2.80. The van der Waals surface area contributed by atoms with Crippen molar-refractivity contribution in [1.82, 2.24) is 0 Å². The van der Waals surface area contributed by atoms with E-state index in [1.54, 1.807) is 27.4 Å². The SMILES string of the molecule is COc1cc(N)cc(Nc2cc(OC)cc(OC)c2)c1. The Balaban J connectivity index is 2.31. The molecule has 0 aliphatic heterocycles. The molecule has 0 spiro atoms. The molecule has 5 nitrogen and oxygen atoms in total. The van der Waals surface area contributed by atoms with Gasteiger partial charge in [0.15, 0.2) is 0 Å². The van der Waals surface area contributed by atoms with Gasteiger partial charge in [-0.25, -0.2) is 0 Å². The second-order valence-corrected chi connectivity index (χ2v) is 4.22. The maximum atomic E-state index is 5.83. The van der Waals surface area contributed by atoms with Crippen molar-refractivity contribution in [2.75, 3.05) is 32.4 Å². The largest absolute Gasteiger partial charge is 0.497 e. The maximum Gasteiger partial charge on any atom is 0.124 e. The van der Waals surface area contributed by atoms with Crippen molar-refractivity contribution in [3.63, 3.8) is 0 Å². The number of ether oxygens (including phenoxy) is 3. The summed E-state index contributed by atoms with van der Waals surface area (Å²) in [5.74, 6) is 2.12. The van der Waals surface area contributed by atoms with Gasteiger partial charge < -0.3 is 25.3 Å². The van der Waals surface area contributed by atoms with Crippen LogP contribution in [0.4, 0.5) is 17.1 Å². The van der Waals surface area contributed by atoms with Gasteiger partial charge in [0.05, 0.1) is 21.3 Å². The fourth-order valence-electron chi connectivity index (χ4n) is 1.86. The average molecular weight is 274 g/mol. The average Bonchev–Trinajstić information content (AvgIpc) is 2.46. The summed E-state index contributed by atoms with van der Waals surface area (Å²) in [5.41, 5.74) is 8.13. The molecule has 5 heteroatoms. The predicted molar refractivity (Wildman–Crippen MR) is 80.2 cm³/mol. The van der Waals surface area contributed by atoms with E-state index in [1.165, 1.54) is 0 Å². The van der Waals surface area contributed by atoms with Gasteiger partial charge in [0.1, 0.15) is 17.2 Å². The molecule has 0 atom stereocenters. The lowest BCUT2D eigenvalue weighted by Crippen LogP contribution is -1.96. The van der Waals surface area contributed by atoms with E-state index in [0.717, 1.165) is 11.4 Å². The Bertz CT molecular complexity index is 577. The minimum Gasteiger partial charge on any atom is -0.497 e. The molecule has 0 saturated carbocycles. The zero-order chi connectivity index (χ0) is 14.5. The monoisotopic (exact) mass is 274 g/mol. The van der Waals surface area contributed by atoms with Crippen LogP contribution in [0.1, 0.15) is 0 Å². The van der Waals surface area contributed by atoms with E-state index in [-0.39, 0.29) is 0 Å². The number of nitrogens with one attached hydrogen (secondary N) is 1. The van der Waals surface area contributed by atoms with Gasteiger partial charge in [-0.3, -0.25) is 0 Å². The van der Waals surface area contributed by atoms with Crippen molar-refractivity contribution in [2.45, 2.75) is 0 Å². The summed E-state index contributed by atoms with van der Waals surface area (Å²) >= 11 is 0. The first-order chi connectivity index (χ1) is 9.64. The number of nitrogens with two attached hydrogens (primary N) is 1. The van der Waals surface area contributed by atoms with E-state index < -0.39 is 0 Å². The molecule has 0 saturated heterocycles. The fraction of sp³-hybridized carbons (Fsp3) is 0.200. The van der Waals surface area contributed by atoms with Crippen LogP contribution in [0.15, 0.2) is 36.4 Å². The Morgan fingerprint density at radius 2 is 1.15 bits per heavy atom. The highest BCUT2D eigenvalue weighted by molar-refractivity contribution is 5.68. The quantitative estimate of drug-likeness (QED) is 0.820. The topological polar surface area (TPSA) is 65.7 Å². The summed E-state index contributed by atoms with van der Waals surface area (Å²) in [5, 5.41) is 3.25. The Labute approximate surface area is 118 Å². The zero-order valence-corrected chi connectivity index (χ0v) is 11.8. The third kappa shape index (κ3) is 3.26. The molecule has 0 fully saturated rings. The van der Waals surface area contributed by atoms with Crippen LogP contribution in [-0.2, 0) is 0 Å². The molecule has 2 aromatic carbocycles. The lowest BCUT2D eigenvalue weighted by molar-refractivity contribution is 0.395. The fourth-order valence-corrected chi connectivity index (χ4v) is 1.86. The molecule has 0 amide bonds. The number of hydrogen-bond acceptors (Lipinski definition) is 5. The van der Waals surface area contributed by atoms with E-state index >= 15 is 0 Å². The normalized spacial score (nSPS) is 9.95. The van der Waals surface area contributed by atoms with Crippen molar-refractivity contribution in [1.29, 1.82) is 0 Å². The number of rotatable bonds is 5. The molecule has 106 valence electrons. The minimum absolute atomic E-state index is 0.627. The van der Waals surface area contributed by atoms with Crippen LogP contribution in [0.25, 0.3) is 0 Å². The first-order valence-electron chi connectivity index (χ1n) is 6.09. The molecular formula is C15H18N2O3. The second-order valence-electron chi connectivity index (χ2n) is 4.22. The van der Waals surface area contributed by atoms with Crippen LogP contribution < -0.4 is 25.3 Å². The lowest BCUT2D eigenvalue weighted by atomic mass is 10.2. The second kappa shape index (κ2) is 6.06. The van der Waals surface area contributed by atoms with E-state index in [4.69, 9.17) is 19.9 Å². The van der Waals surface area contributed by atoms with Gasteiger partial charge in [-0.05, 0) is 6.07 Å². The Morgan fingerprint density at radius 1 is 0.700 bits per heavy atom. The molecule has 0 aromatic heterocycles. The van der Waals surface area contributed by atoms with Crippen LogP contribution in [0.2, 0.25) is 0 Å². The highest BCUT2D eigenvalue weighted by Crippen LogP contribution is 2.30. The molecule has 2 rings (SSSR count). The Kier molecular flexibility index (Phi) is 4.20. The molecule has 0 heterocycles. The Hall–Kier alpha value is -2.56. The third-order valence-corrected chi connectivity index (χ3v) is 2.80. The summed E-state index contributed by atoms with van der Waals surface area (Å²) in [7, 11) is 4.83. The summed E-state index contributed by atoms with van der Waals surface area (Å²) in [6.45, 7) is 0. The van der Waals surface area contributed by atoms with Crippen molar-refractivity contribution in [3.8, 4) is 17.2 Å². The van der Waals surface area contributed by atoms with Gasteiger partial charge in [0.2, 0.25) is 0 Å². The zero-order valence-electron chi connectivity index (χ0n) is 11.8. The number of methoxy groups -OCH3 is 3. The molecule has 0 aliphatic carbocycles. The first-order valence-corrected chi connectivity index (χ1v) is 6.09. The van der Waals surface area contributed by atoms with E-state index in [1.807, 2.05) is 30.3 Å².